The molecule has 0 saturated heterocycles. The average molecular weight is 349 g/mol. The number of thiazole rings is 1. The number of ether oxygens (including phenoxy) is 1. The summed E-state index contributed by atoms with van der Waals surface area (Å²) in [7, 11) is 1.35. The zero-order chi connectivity index (χ0) is 14.1. The third-order valence-corrected chi connectivity index (χ3v) is 4.41. The number of pyridine rings is 1. The number of aromatic nitrogens is 2. The predicted molar refractivity (Wildman–Crippen MR) is 81.9 cm³/mol. The monoisotopic (exact) mass is 348 g/mol. The molecule has 0 saturated carbocycles. The van der Waals surface area contributed by atoms with E-state index < -0.39 is 5.97 Å². The van der Waals surface area contributed by atoms with Crippen molar-refractivity contribution in [3.05, 3.63) is 46.0 Å². The number of methoxy groups -OCH3 is 1. The molecular weight excluding hydrogens is 340 g/mol. The molecular formula is C14H9BrN2O2S. The lowest BCUT2D eigenvalue weighted by Crippen LogP contribution is -2.01. The second-order valence-electron chi connectivity index (χ2n) is 4.02. The average Bonchev–Trinajstić information content (AvgIpc) is 2.97. The predicted octanol–water partition coefficient (Wildman–Crippen LogP) is 3.91. The van der Waals surface area contributed by atoms with Gasteiger partial charge >= 0.3 is 5.97 Å². The van der Waals surface area contributed by atoms with Crippen molar-refractivity contribution in [3.8, 4) is 10.6 Å². The molecule has 100 valence electrons. The van der Waals surface area contributed by atoms with Gasteiger partial charge < -0.3 is 4.74 Å². The number of carbonyl (C=O) groups is 1. The summed E-state index contributed by atoms with van der Waals surface area (Å²) in [6, 6.07) is 7.78. The first-order valence-corrected chi connectivity index (χ1v) is 7.45. The minimum atomic E-state index is -0.429. The fourth-order valence-corrected chi connectivity index (χ4v) is 3.17. The van der Waals surface area contributed by atoms with Crippen LogP contribution in [-0.4, -0.2) is 23.0 Å². The van der Waals surface area contributed by atoms with Crippen LogP contribution in [0.1, 0.15) is 10.5 Å². The van der Waals surface area contributed by atoms with Gasteiger partial charge in [0.2, 0.25) is 0 Å². The van der Waals surface area contributed by atoms with Crippen LogP contribution in [0, 0.1) is 0 Å². The van der Waals surface area contributed by atoms with Crippen molar-refractivity contribution in [2.75, 3.05) is 7.11 Å². The minimum Gasteiger partial charge on any atom is -0.464 e. The maximum Gasteiger partial charge on any atom is 0.357 e. The van der Waals surface area contributed by atoms with Crippen LogP contribution < -0.4 is 0 Å². The molecule has 0 aliphatic carbocycles. The molecule has 6 heteroatoms. The van der Waals surface area contributed by atoms with Crippen molar-refractivity contribution in [1.82, 2.24) is 9.97 Å². The summed E-state index contributed by atoms with van der Waals surface area (Å²) in [5, 5.41) is 3.46. The third kappa shape index (κ3) is 2.21. The lowest BCUT2D eigenvalue weighted by molar-refractivity contribution is 0.0595. The zero-order valence-corrected chi connectivity index (χ0v) is 12.9. The second kappa shape index (κ2) is 5.30. The SMILES string of the molecule is COC(=O)c1csc(-c2ccc(Br)c3cccnc23)n1. The Bertz CT molecular complexity index is 801. The van der Waals surface area contributed by atoms with E-state index in [1.807, 2.05) is 24.3 Å². The summed E-state index contributed by atoms with van der Waals surface area (Å²) in [5.41, 5.74) is 2.08. The Kier molecular flexibility index (Phi) is 3.50. The largest absolute Gasteiger partial charge is 0.464 e. The highest BCUT2D eigenvalue weighted by molar-refractivity contribution is 9.10. The molecule has 2 heterocycles. The molecule has 0 bridgehead atoms. The number of esters is 1. The van der Waals surface area contributed by atoms with Crippen LogP contribution in [0.15, 0.2) is 40.3 Å². The number of benzene rings is 1. The Morgan fingerprint density at radius 1 is 1.35 bits per heavy atom. The van der Waals surface area contributed by atoms with E-state index in [0.717, 1.165) is 25.9 Å². The molecule has 0 atom stereocenters. The van der Waals surface area contributed by atoms with E-state index in [0.29, 0.717) is 5.69 Å². The maximum absolute atomic E-state index is 11.5. The van der Waals surface area contributed by atoms with Crippen LogP contribution in [-0.2, 0) is 4.74 Å². The number of hydrogen-bond acceptors (Lipinski definition) is 5. The molecule has 3 aromatic rings. The molecule has 2 aromatic heterocycles. The first-order valence-electron chi connectivity index (χ1n) is 5.78. The fourth-order valence-electron chi connectivity index (χ4n) is 1.91. The number of rotatable bonds is 2. The van der Waals surface area contributed by atoms with Gasteiger partial charge in [-0.05, 0) is 18.2 Å². The van der Waals surface area contributed by atoms with Crippen molar-refractivity contribution in [2.24, 2.45) is 0 Å². The van der Waals surface area contributed by atoms with E-state index >= 15 is 0 Å². The number of carbonyl (C=O) groups excluding carboxylic acids is 1. The summed E-state index contributed by atoms with van der Waals surface area (Å²) in [4.78, 5) is 20.2. The molecule has 3 rings (SSSR count). The highest BCUT2D eigenvalue weighted by Gasteiger charge is 2.14. The number of halogens is 1. The van der Waals surface area contributed by atoms with E-state index in [1.54, 1.807) is 11.6 Å². The van der Waals surface area contributed by atoms with Gasteiger partial charge in [-0.3, -0.25) is 4.98 Å². The smallest absolute Gasteiger partial charge is 0.357 e. The first kappa shape index (κ1) is 13.2. The lowest BCUT2D eigenvalue weighted by Gasteiger charge is -2.04. The molecule has 0 fully saturated rings. The van der Waals surface area contributed by atoms with E-state index in [9.17, 15) is 4.79 Å². The maximum atomic E-state index is 11.5. The Labute approximate surface area is 127 Å². The van der Waals surface area contributed by atoms with Crippen molar-refractivity contribution >= 4 is 44.1 Å². The van der Waals surface area contributed by atoms with Crippen LogP contribution in [0.4, 0.5) is 0 Å². The summed E-state index contributed by atoms with van der Waals surface area (Å²) in [6.45, 7) is 0. The summed E-state index contributed by atoms with van der Waals surface area (Å²) >= 11 is 4.91. The Morgan fingerprint density at radius 2 is 2.20 bits per heavy atom. The van der Waals surface area contributed by atoms with Crippen molar-refractivity contribution in [3.63, 3.8) is 0 Å². The van der Waals surface area contributed by atoms with E-state index in [-0.39, 0.29) is 0 Å². The molecule has 0 radical (unpaired) electrons. The van der Waals surface area contributed by atoms with Gasteiger partial charge in [-0.1, -0.05) is 22.0 Å². The van der Waals surface area contributed by atoms with Gasteiger partial charge in [-0.15, -0.1) is 11.3 Å². The second-order valence-corrected chi connectivity index (χ2v) is 5.74. The van der Waals surface area contributed by atoms with E-state index in [4.69, 9.17) is 0 Å². The van der Waals surface area contributed by atoms with Gasteiger partial charge in [-0.2, -0.15) is 0 Å². The van der Waals surface area contributed by atoms with Crippen LogP contribution in [0.2, 0.25) is 0 Å². The summed E-state index contributed by atoms with van der Waals surface area (Å²) in [5.74, 6) is -0.429. The first-order chi connectivity index (χ1) is 9.70. The van der Waals surface area contributed by atoms with Crippen LogP contribution in [0.25, 0.3) is 21.5 Å². The van der Waals surface area contributed by atoms with Gasteiger partial charge in [0.15, 0.2) is 5.69 Å². The van der Waals surface area contributed by atoms with Gasteiger partial charge in [0, 0.05) is 27.0 Å². The molecule has 0 N–H and O–H groups in total. The van der Waals surface area contributed by atoms with Gasteiger partial charge in [0.1, 0.15) is 5.01 Å². The highest BCUT2D eigenvalue weighted by Crippen LogP contribution is 2.33. The molecule has 20 heavy (non-hydrogen) atoms. The number of hydrogen-bond donors (Lipinski definition) is 0. The molecule has 0 aliphatic heterocycles. The number of fused-ring (bicyclic) bond motifs is 1. The summed E-state index contributed by atoms with van der Waals surface area (Å²) in [6.07, 6.45) is 1.74. The Balaban J connectivity index is 2.17. The fraction of sp³-hybridized carbons (Fsp3) is 0.0714. The van der Waals surface area contributed by atoms with Crippen LogP contribution >= 0.6 is 27.3 Å². The van der Waals surface area contributed by atoms with E-state index in [1.165, 1.54) is 18.4 Å². The van der Waals surface area contributed by atoms with Gasteiger partial charge in [0.05, 0.1) is 12.6 Å². The van der Waals surface area contributed by atoms with Crippen molar-refractivity contribution in [2.45, 2.75) is 0 Å². The van der Waals surface area contributed by atoms with Crippen LogP contribution in [0.5, 0.6) is 0 Å². The molecule has 0 unspecified atom stereocenters. The van der Waals surface area contributed by atoms with E-state index in [2.05, 4.69) is 30.6 Å². The van der Waals surface area contributed by atoms with Crippen molar-refractivity contribution in [1.29, 1.82) is 0 Å². The minimum absolute atomic E-state index is 0.319. The highest BCUT2D eigenvalue weighted by atomic mass is 79.9. The molecule has 0 amide bonds. The normalized spacial score (nSPS) is 10.7. The van der Waals surface area contributed by atoms with Gasteiger partial charge in [-0.25, -0.2) is 9.78 Å². The topological polar surface area (TPSA) is 52.1 Å². The Morgan fingerprint density at radius 3 is 3.00 bits per heavy atom. The Hall–Kier alpha value is -1.79. The van der Waals surface area contributed by atoms with Crippen molar-refractivity contribution < 1.29 is 9.53 Å². The molecule has 4 nitrogen and oxygen atoms in total. The van der Waals surface area contributed by atoms with Crippen LogP contribution in [0.3, 0.4) is 0 Å². The third-order valence-electron chi connectivity index (χ3n) is 2.85. The molecule has 0 spiro atoms. The summed E-state index contributed by atoms with van der Waals surface area (Å²) < 4.78 is 5.65. The lowest BCUT2D eigenvalue weighted by atomic mass is 10.1. The number of nitrogens with zero attached hydrogens (tertiary/aromatic N) is 2. The zero-order valence-electron chi connectivity index (χ0n) is 10.5. The quantitative estimate of drug-likeness (QED) is 0.659. The van der Waals surface area contributed by atoms with Gasteiger partial charge in [0.25, 0.3) is 0 Å². The molecule has 0 aliphatic rings. The molecule has 1 aromatic carbocycles. The standard InChI is InChI=1S/C14H9BrN2O2S/c1-19-14(18)11-7-20-13(17-11)9-4-5-10(15)8-3-2-6-16-12(8)9/h2-7H,1H3.